The molecule has 0 spiro atoms. The molecule has 0 N–H and O–H groups in total. The van der Waals surface area contributed by atoms with Gasteiger partial charge < -0.3 is 4.74 Å². The number of nitrogens with zero attached hydrogens (tertiary/aromatic N) is 6. The number of thiazole rings is 2. The highest BCUT2D eigenvalue weighted by molar-refractivity contribution is 7.13. The molecule has 37 heavy (non-hydrogen) atoms. The SMILES string of the molecule is c1ccc(-c2csc(-c3cccc(COCc4cccc(-c5nc(-c6ccccn6)cs5)n4)n3)n2)nc1. The lowest BCUT2D eigenvalue weighted by Gasteiger charge is -2.06. The van der Waals surface area contributed by atoms with Crippen molar-refractivity contribution in [2.24, 2.45) is 0 Å². The zero-order valence-corrected chi connectivity index (χ0v) is 21.2. The molecule has 6 heterocycles. The van der Waals surface area contributed by atoms with Crippen LogP contribution in [0.1, 0.15) is 11.4 Å². The minimum atomic E-state index is 0.374. The van der Waals surface area contributed by atoms with Gasteiger partial charge in [0, 0.05) is 23.2 Å². The predicted molar refractivity (Wildman–Crippen MR) is 146 cm³/mol. The fourth-order valence-electron chi connectivity index (χ4n) is 3.66. The van der Waals surface area contributed by atoms with Crippen LogP contribution in [-0.4, -0.2) is 29.9 Å². The average Bonchev–Trinajstić information content (AvgIpc) is 3.66. The first-order chi connectivity index (χ1) is 18.3. The van der Waals surface area contributed by atoms with E-state index in [9.17, 15) is 0 Å². The van der Waals surface area contributed by atoms with Gasteiger partial charge in [-0.3, -0.25) is 9.97 Å². The smallest absolute Gasteiger partial charge is 0.142 e. The van der Waals surface area contributed by atoms with Gasteiger partial charge in [-0.2, -0.15) is 0 Å². The predicted octanol–water partition coefficient (Wildman–Crippen LogP) is 6.56. The zero-order valence-electron chi connectivity index (χ0n) is 19.6. The molecule has 0 aliphatic heterocycles. The van der Waals surface area contributed by atoms with Crippen molar-refractivity contribution in [3.05, 3.63) is 107 Å². The van der Waals surface area contributed by atoms with Crippen molar-refractivity contribution in [2.45, 2.75) is 13.2 Å². The highest BCUT2D eigenvalue weighted by Gasteiger charge is 2.11. The quantitative estimate of drug-likeness (QED) is 0.224. The maximum Gasteiger partial charge on any atom is 0.142 e. The topological polar surface area (TPSA) is 86.6 Å². The van der Waals surface area contributed by atoms with Crippen LogP contribution in [0.2, 0.25) is 0 Å². The van der Waals surface area contributed by atoms with E-state index in [0.717, 1.165) is 55.6 Å². The molecule has 0 radical (unpaired) electrons. The van der Waals surface area contributed by atoms with Crippen LogP contribution < -0.4 is 0 Å². The van der Waals surface area contributed by atoms with Crippen molar-refractivity contribution >= 4 is 22.7 Å². The molecule has 0 aliphatic rings. The van der Waals surface area contributed by atoms with Crippen LogP contribution in [0.4, 0.5) is 0 Å². The molecule has 0 fully saturated rings. The zero-order chi connectivity index (χ0) is 24.9. The van der Waals surface area contributed by atoms with Crippen molar-refractivity contribution in [3.8, 4) is 44.2 Å². The Morgan fingerprint density at radius 3 is 1.43 bits per heavy atom. The second-order valence-corrected chi connectivity index (χ2v) is 9.74. The summed E-state index contributed by atoms with van der Waals surface area (Å²) >= 11 is 3.11. The molecule has 7 nitrogen and oxygen atoms in total. The lowest BCUT2D eigenvalue weighted by Crippen LogP contribution is -2.00. The Morgan fingerprint density at radius 1 is 0.486 bits per heavy atom. The number of rotatable bonds is 8. The van der Waals surface area contributed by atoms with E-state index < -0.39 is 0 Å². The molecule has 0 saturated heterocycles. The van der Waals surface area contributed by atoms with Crippen molar-refractivity contribution in [1.29, 1.82) is 0 Å². The van der Waals surface area contributed by atoms with Crippen LogP contribution in [-0.2, 0) is 18.0 Å². The summed E-state index contributed by atoms with van der Waals surface area (Å²) in [5.41, 5.74) is 6.72. The minimum absolute atomic E-state index is 0.374. The summed E-state index contributed by atoms with van der Waals surface area (Å²) < 4.78 is 5.96. The third-order valence-electron chi connectivity index (χ3n) is 5.41. The van der Waals surface area contributed by atoms with E-state index >= 15 is 0 Å². The maximum absolute atomic E-state index is 5.96. The summed E-state index contributed by atoms with van der Waals surface area (Å²) in [4.78, 5) is 27.7. The van der Waals surface area contributed by atoms with Gasteiger partial charge in [0.15, 0.2) is 0 Å². The summed E-state index contributed by atoms with van der Waals surface area (Å²) in [7, 11) is 0. The molecule has 0 amide bonds. The Morgan fingerprint density at radius 2 is 0.973 bits per heavy atom. The van der Waals surface area contributed by atoms with Gasteiger partial charge in [0.05, 0.1) is 47.4 Å². The Labute approximate surface area is 221 Å². The van der Waals surface area contributed by atoms with E-state index in [2.05, 4.69) is 9.97 Å². The summed E-state index contributed by atoms with van der Waals surface area (Å²) in [5, 5.41) is 5.71. The van der Waals surface area contributed by atoms with Gasteiger partial charge in [0.2, 0.25) is 0 Å². The van der Waals surface area contributed by atoms with Gasteiger partial charge in [0.1, 0.15) is 21.4 Å². The lowest BCUT2D eigenvalue weighted by atomic mass is 10.3. The van der Waals surface area contributed by atoms with E-state index in [1.165, 1.54) is 0 Å². The Balaban J connectivity index is 1.10. The summed E-state index contributed by atoms with van der Waals surface area (Å²) in [6, 6.07) is 23.4. The van der Waals surface area contributed by atoms with E-state index in [1.54, 1.807) is 35.1 Å². The molecule has 6 aromatic heterocycles. The number of aromatic nitrogens is 6. The molecule has 6 aromatic rings. The number of hydrogen-bond donors (Lipinski definition) is 0. The average molecular weight is 521 g/mol. The van der Waals surface area contributed by atoms with E-state index in [4.69, 9.17) is 24.7 Å². The summed E-state index contributed by atoms with van der Waals surface area (Å²) in [6.07, 6.45) is 3.54. The number of hydrogen-bond acceptors (Lipinski definition) is 9. The highest BCUT2D eigenvalue weighted by Crippen LogP contribution is 2.28. The van der Waals surface area contributed by atoms with E-state index in [-0.39, 0.29) is 0 Å². The molecular formula is C28H20N6OS2. The van der Waals surface area contributed by atoms with Gasteiger partial charge in [-0.05, 0) is 48.5 Å². The Hall–Kier alpha value is -4.18. The molecule has 9 heteroatoms. The fourth-order valence-corrected chi connectivity index (χ4v) is 5.23. The van der Waals surface area contributed by atoms with Gasteiger partial charge in [-0.1, -0.05) is 24.3 Å². The largest absolute Gasteiger partial charge is 0.369 e. The van der Waals surface area contributed by atoms with Gasteiger partial charge in [0.25, 0.3) is 0 Å². The Kier molecular flexibility index (Phi) is 6.80. The second kappa shape index (κ2) is 10.8. The molecule has 0 aliphatic carbocycles. The number of pyridine rings is 4. The maximum atomic E-state index is 5.96. The van der Waals surface area contributed by atoms with Gasteiger partial charge >= 0.3 is 0 Å². The van der Waals surface area contributed by atoms with Crippen LogP contribution in [0.5, 0.6) is 0 Å². The van der Waals surface area contributed by atoms with Gasteiger partial charge in [-0.25, -0.2) is 19.9 Å². The number of ether oxygens (including phenoxy) is 1. The van der Waals surface area contributed by atoms with E-state index in [1.807, 2.05) is 83.6 Å². The van der Waals surface area contributed by atoms with Gasteiger partial charge in [-0.15, -0.1) is 22.7 Å². The van der Waals surface area contributed by atoms with Crippen molar-refractivity contribution in [3.63, 3.8) is 0 Å². The van der Waals surface area contributed by atoms with E-state index in [0.29, 0.717) is 13.2 Å². The lowest BCUT2D eigenvalue weighted by molar-refractivity contribution is 0.102. The monoisotopic (exact) mass is 520 g/mol. The minimum Gasteiger partial charge on any atom is -0.369 e. The molecular weight excluding hydrogens is 500 g/mol. The first-order valence-corrected chi connectivity index (χ1v) is 13.3. The van der Waals surface area contributed by atoms with Crippen LogP contribution in [0.15, 0.2) is 96.0 Å². The van der Waals surface area contributed by atoms with Crippen LogP contribution >= 0.6 is 22.7 Å². The fraction of sp³-hybridized carbons (Fsp3) is 0.0714. The first-order valence-electron chi connectivity index (χ1n) is 11.6. The molecule has 0 atom stereocenters. The molecule has 0 bridgehead atoms. The second-order valence-electron chi connectivity index (χ2n) is 8.03. The summed E-state index contributed by atoms with van der Waals surface area (Å²) in [5.74, 6) is 0. The Bertz CT molecular complexity index is 1500. The first kappa shape index (κ1) is 23.2. The molecule has 0 unspecified atom stereocenters. The summed E-state index contributed by atoms with van der Waals surface area (Å²) in [6.45, 7) is 0.749. The standard InChI is InChI=1S/C28H20N6OS2/c1-3-13-29-21(9-1)25-17-36-27(33-25)23-11-5-7-19(31-23)15-35-16-20-8-6-12-24(32-20)28-34-26(18-37-28)22-10-2-4-14-30-22/h1-14,17-18H,15-16H2. The molecule has 0 aromatic carbocycles. The molecule has 180 valence electrons. The molecule has 6 rings (SSSR count). The van der Waals surface area contributed by atoms with Crippen molar-refractivity contribution in [2.75, 3.05) is 0 Å². The third-order valence-corrected chi connectivity index (χ3v) is 7.14. The van der Waals surface area contributed by atoms with Crippen LogP contribution in [0.3, 0.4) is 0 Å². The normalized spacial score (nSPS) is 11.0. The van der Waals surface area contributed by atoms with Crippen molar-refractivity contribution in [1.82, 2.24) is 29.9 Å². The van der Waals surface area contributed by atoms with Crippen LogP contribution in [0.25, 0.3) is 44.2 Å². The molecule has 0 saturated carbocycles. The van der Waals surface area contributed by atoms with Crippen LogP contribution in [0, 0.1) is 0 Å². The third kappa shape index (κ3) is 5.49. The highest BCUT2D eigenvalue weighted by atomic mass is 32.1. The van der Waals surface area contributed by atoms with Crippen molar-refractivity contribution < 1.29 is 4.74 Å².